The van der Waals surface area contributed by atoms with Gasteiger partial charge in [0.1, 0.15) is 5.69 Å². The lowest BCUT2D eigenvalue weighted by molar-refractivity contribution is -0.572. The summed E-state index contributed by atoms with van der Waals surface area (Å²) in [7, 11) is 0. The zero-order valence-electron chi connectivity index (χ0n) is 21.4. The van der Waals surface area contributed by atoms with Gasteiger partial charge >= 0.3 is 0 Å². The number of carbonyl (C=O) groups excluding carboxylic acids is 1. The van der Waals surface area contributed by atoms with E-state index in [9.17, 15) is 30.1 Å². The maximum atomic E-state index is 11.6. The monoisotopic (exact) mass is 558 g/mol. The van der Waals surface area contributed by atoms with Crippen LogP contribution in [0.3, 0.4) is 0 Å². The van der Waals surface area contributed by atoms with Crippen LogP contribution in [-0.2, 0) is 4.79 Å². The Balaban J connectivity index is 1.31. The Morgan fingerprint density at radius 1 is 1.02 bits per heavy atom. The van der Waals surface area contributed by atoms with Crippen LogP contribution in [0.25, 0.3) is 16.3 Å². The largest absolute Gasteiger partial charge is 0.550 e. The summed E-state index contributed by atoms with van der Waals surface area (Å²) in [4.78, 5) is 35.4. The van der Waals surface area contributed by atoms with E-state index in [1.807, 2.05) is 47.9 Å². The second-order valence-electron chi connectivity index (χ2n) is 9.52. The standard InChI is InChI=1S/C29H26N4O6S/c34-28(35)11-2-1-5-15-31-16-14-19(21-8-3-4-9-25(21)31)7-6-10-27-30-24-13-12-22-23(29(24)40-27)17-20(32(36)37)18-26(22)33(38)39/h3-4,6-10,12-14,16-18,27,30H,1-2,5,11,15H2,(H,34,35)/b10-6-,19-7-. The van der Waals surface area contributed by atoms with Crippen LogP contribution in [0.2, 0.25) is 0 Å². The van der Waals surface area contributed by atoms with Crippen molar-refractivity contribution in [3.63, 3.8) is 0 Å². The molecule has 0 bridgehead atoms. The number of carboxylic acid groups (broad SMARTS) is 1. The Kier molecular flexibility index (Phi) is 7.94. The molecular weight excluding hydrogens is 532 g/mol. The minimum atomic E-state index is -1.01. The molecule has 10 nitrogen and oxygen atoms in total. The molecule has 0 saturated carbocycles. The molecule has 11 heteroatoms. The highest BCUT2D eigenvalue weighted by Crippen LogP contribution is 2.42. The highest BCUT2D eigenvalue weighted by molar-refractivity contribution is 8.00. The minimum absolute atomic E-state index is 0.0314. The van der Waals surface area contributed by atoms with Crippen LogP contribution in [0, 0.1) is 20.2 Å². The van der Waals surface area contributed by atoms with Crippen molar-refractivity contribution < 1.29 is 25.1 Å². The summed E-state index contributed by atoms with van der Waals surface area (Å²) in [5.74, 6) is -1.01. The van der Waals surface area contributed by atoms with Crippen molar-refractivity contribution in [3.05, 3.63) is 105 Å². The van der Waals surface area contributed by atoms with Gasteiger partial charge in [-0.1, -0.05) is 48.5 Å². The molecule has 3 aromatic carbocycles. The fourth-order valence-electron chi connectivity index (χ4n) is 5.00. The lowest BCUT2D eigenvalue weighted by Gasteiger charge is -2.27. The van der Waals surface area contributed by atoms with Crippen molar-refractivity contribution in [1.29, 1.82) is 0 Å². The first-order valence-electron chi connectivity index (χ1n) is 12.9. The number of rotatable bonds is 10. The first-order chi connectivity index (χ1) is 19.3. The number of hydrogen-bond donors (Lipinski definition) is 1. The number of nitrogens with zero attached hydrogens (tertiary/aromatic N) is 3. The van der Waals surface area contributed by atoms with Crippen molar-refractivity contribution in [1.82, 2.24) is 0 Å². The third-order valence-electron chi connectivity index (χ3n) is 6.90. The third-order valence-corrected chi connectivity index (χ3v) is 8.16. The molecule has 0 radical (unpaired) electrons. The molecule has 0 aromatic heterocycles. The van der Waals surface area contributed by atoms with Crippen LogP contribution in [0.4, 0.5) is 22.7 Å². The summed E-state index contributed by atoms with van der Waals surface area (Å²) in [5, 5.41) is 36.5. The van der Waals surface area contributed by atoms with Crippen LogP contribution in [-0.4, -0.2) is 27.7 Å². The number of hydrogen-bond acceptors (Lipinski definition) is 8. The van der Waals surface area contributed by atoms with Gasteiger partial charge in [0.15, 0.2) is 5.37 Å². The Morgan fingerprint density at radius 2 is 1.85 bits per heavy atom. The van der Waals surface area contributed by atoms with Gasteiger partial charge in [-0.25, -0.2) is 0 Å². The van der Waals surface area contributed by atoms with Crippen LogP contribution in [0.1, 0.15) is 31.2 Å². The lowest BCUT2D eigenvalue weighted by Crippen LogP contribution is -2.80. The molecular formula is C29H26N4O6S. The quantitative estimate of drug-likeness (QED) is 0.165. The summed E-state index contributed by atoms with van der Waals surface area (Å²) in [6, 6.07) is 14.0. The molecule has 2 heterocycles. The van der Waals surface area contributed by atoms with Crippen LogP contribution >= 0.6 is 11.8 Å². The molecule has 0 saturated heterocycles. The Labute approximate surface area is 234 Å². The van der Waals surface area contributed by atoms with Gasteiger partial charge in [0, 0.05) is 47.5 Å². The second kappa shape index (κ2) is 11.7. The van der Waals surface area contributed by atoms with Crippen LogP contribution in [0.5, 0.6) is 0 Å². The first-order valence-corrected chi connectivity index (χ1v) is 13.7. The van der Waals surface area contributed by atoms with E-state index in [0.29, 0.717) is 17.2 Å². The number of nitro groups is 2. The number of allylic oxidation sites excluding steroid dienone is 4. The van der Waals surface area contributed by atoms with Gasteiger partial charge in [-0.15, -0.1) is 0 Å². The molecule has 1 unspecified atom stereocenters. The van der Waals surface area contributed by atoms with E-state index in [0.717, 1.165) is 52.9 Å². The number of carbonyl (C=O) groups is 1. The Morgan fingerprint density at radius 3 is 2.62 bits per heavy atom. The maximum absolute atomic E-state index is 11.6. The van der Waals surface area contributed by atoms with E-state index in [-0.39, 0.29) is 23.2 Å². The first kappa shape index (κ1) is 27.1. The molecule has 1 atom stereocenters. The molecule has 0 spiro atoms. The number of non-ortho nitro benzene ring substituents is 2. The number of thioether (sulfide) groups is 1. The molecule has 0 fully saturated rings. The van der Waals surface area contributed by atoms with Crippen molar-refractivity contribution in [3.8, 4) is 0 Å². The number of unbranched alkanes of at least 4 members (excludes halogenated alkanes) is 2. The van der Waals surface area contributed by atoms with Crippen LogP contribution < -0.4 is 15.3 Å². The highest BCUT2D eigenvalue weighted by atomic mass is 32.2. The summed E-state index contributed by atoms with van der Waals surface area (Å²) in [5.41, 5.74) is 3.57. The van der Waals surface area contributed by atoms with Crippen molar-refractivity contribution >= 4 is 56.8 Å². The molecule has 3 aromatic rings. The number of nitrogens with two attached hydrogens (primary N) is 1. The molecule has 2 aliphatic rings. The van der Waals surface area contributed by atoms with Crippen molar-refractivity contribution in [2.24, 2.45) is 0 Å². The van der Waals surface area contributed by atoms with Gasteiger partial charge in [0.25, 0.3) is 11.4 Å². The lowest BCUT2D eigenvalue weighted by atomic mass is 9.99. The maximum Gasteiger partial charge on any atom is 0.284 e. The molecule has 5 rings (SSSR count). The molecule has 204 valence electrons. The summed E-state index contributed by atoms with van der Waals surface area (Å²) >= 11 is 1.51. The van der Waals surface area contributed by atoms with Gasteiger partial charge in [0.05, 0.1) is 26.2 Å². The third kappa shape index (κ3) is 5.75. The topological polar surface area (TPSA) is 146 Å². The SMILES string of the molecule is O=C([O-])CCCCCN1C=C/C(=C/C=C\C2[NH2+]c3ccc4c([N+](=O)[O-])cc([N+](=O)[O-])cc4c3S2)c2ccccc21. The average molecular weight is 559 g/mol. The molecule has 2 N–H and O–H groups in total. The fraction of sp³-hybridized carbons (Fsp3) is 0.207. The van der Waals surface area contributed by atoms with Gasteiger partial charge < -0.3 is 14.8 Å². The molecule has 40 heavy (non-hydrogen) atoms. The minimum Gasteiger partial charge on any atom is -0.550 e. The average Bonchev–Trinajstić information content (AvgIpc) is 3.36. The Bertz CT molecular complexity index is 1600. The predicted molar refractivity (Wildman–Crippen MR) is 152 cm³/mol. The second-order valence-corrected chi connectivity index (χ2v) is 10.7. The number of carboxylic acids is 1. The zero-order valence-corrected chi connectivity index (χ0v) is 22.2. The number of fused-ring (bicyclic) bond motifs is 4. The summed E-state index contributed by atoms with van der Waals surface area (Å²) < 4.78 is 0. The van der Waals surface area contributed by atoms with Gasteiger partial charge in [-0.05, 0) is 49.1 Å². The smallest absolute Gasteiger partial charge is 0.284 e. The van der Waals surface area contributed by atoms with Crippen molar-refractivity contribution in [2.45, 2.75) is 36.0 Å². The number of anilines is 1. The predicted octanol–water partition coefficient (Wildman–Crippen LogP) is 4.57. The van der Waals surface area contributed by atoms with Gasteiger partial charge in [-0.2, -0.15) is 0 Å². The molecule has 0 amide bonds. The van der Waals surface area contributed by atoms with Crippen molar-refractivity contribution in [2.75, 3.05) is 11.4 Å². The number of benzene rings is 3. The molecule has 0 aliphatic carbocycles. The van der Waals surface area contributed by atoms with E-state index < -0.39 is 15.8 Å². The van der Waals surface area contributed by atoms with Crippen LogP contribution in [0.15, 0.2) is 83.9 Å². The van der Waals surface area contributed by atoms with Gasteiger partial charge in [0.2, 0.25) is 0 Å². The summed E-state index contributed by atoms with van der Waals surface area (Å²) in [6.07, 6.45) is 12.6. The van der Waals surface area contributed by atoms with E-state index in [2.05, 4.69) is 23.1 Å². The van der Waals surface area contributed by atoms with E-state index >= 15 is 0 Å². The Hall–Kier alpha value is -4.48. The molecule has 2 aliphatic heterocycles. The number of nitro benzene ring substituents is 2. The van der Waals surface area contributed by atoms with E-state index in [1.165, 1.54) is 17.8 Å². The summed E-state index contributed by atoms with van der Waals surface area (Å²) in [6.45, 7) is 0.792. The highest BCUT2D eigenvalue weighted by Gasteiger charge is 2.30. The number of aliphatic carboxylic acids is 1. The van der Waals surface area contributed by atoms with Gasteiger partial charge in [-0.3, -0.25) is 25.5 Å². The number of para-hydroxylation sites is 1. The normalized spacial score (nSPS) is 16.9. The van der Waals surface area contributed by atoms with E-state index in [1.54, 1.807) is 6.07 Å². The fourth-order valence-corrected chi connectivity index (χ4v) is 6.22. The number of quaternary nitrogens is 1. The zero-order chi connectivity index (χ0) is 28.2. The van der Waals surface area contributed by atoms with E-state index in [4.69, 9.17) is 0 Å².